The SMILES string of the molecule is COCC(=O)NC(CCCCCC(=O)c1ncco1)c1ncc(-c2cc3ccccc3nc2OC)[nH]1. The number of Topliss-reactive ketones (excluding diaryl/α,β-unsaturated/α-hetero) is 1. The van der Waals surface area contributed by atoms with Gasteiger partial charge in [0.15, 0.2) is 0 Å². The van der Waals surface area contributed by atoms with Gasteiger partial charge in [-0.2, -0.15) is 0 Å². The molecule has 36 heavy (non-hydrogen) atoms. The van der Waals surface area contributed by atoms with Crippen molar-refractivity contribution in [2.24, 2.45) is 0 Å². The van der Waals surface area contributed by atoms with E-state index in [9.17, 15) is 9.59 Å². The third-order valence-electron chi connectivity index (χ3n) is 5.78. The number of fused-ring (bicyclic) bond motifs is 1. The number of nitrogens with zero attached hydrogens (tertiary/aromatic N) is 3. The zero-order valence-electron chi connectivity index (χ0n) is 20.3. The maximum Gasteiger partial charge on any atom is 0.263 e. The van der Waals surface area contributed by atoms with Crippen molar-refractivity contribution in [2.75, 3.05) is 20.8 Å². The molecule has 1 unspecified atom stereocenters. The molecule has 0 saturated heterocycles. The lowest BCUT2D eigenvalue weighted by Gasteiger charge is -2.17. The molecular weight excluding hydrogens is 462 g/mol. The number of carbonyl (C=O) groups excluding carboxylic acids is 2. The number of benzene rings is 1. The Kier molecular flexibility index (Phi) is 8.40. The fraction of sp³-hybridized carbons (Fsp3) is 0.346. The molecule has 0 spiro atoms. The third kappa shape index (κ3) is 6.14. The second-order valence-electron chi connectivity index (χ2n) is 8.33. The van der Waals surface area contributed by atoms with Gasteiger partial charge in [-0.05, 0) is 25.0 Å². The molecule has 10 heteroatoms. The lowest BCUT2D eigenvalue weighted by Crippen LogP contribution is -2.32. The minimum absolute atomic E-state index is 0.0445. The molecule has 1 atom stereocenters. The topological polar surface area (TPSA) is 132 Å². The quantitative estimate of drug-likeness (QED) is 0.209. The number of aromatic nitrogens is 4. The number of hydrogen-bond donors (Lipinski definition) is 2. The summed E-state index contributed by atoms with van der Waals surface area (Å²) in [5, 5.41) is 3.96. The number of ketones is 1. The molecule has 0 bridgehead atoms. The van der Waals surface area contributed by atoms with Gasteiger partial charge in [-0.25, -0.2) is 15.0 Å². The average molecular weight is 492 g/mol. The number of hydrogen-bond acceptors (Lipinski definition) is 8. The second kappa shape index (κ2) is 12.1. The monoisotopic (exact) mass is 491 g/mol. The molecule has 0 aliphatic carbocycles. The number of ether oxygens (including phenoxy) is 2. The van der Waals surface area contributed by atoms with Gasteiger partial charge in [0, 0.05) is 18.9 Å². The van der Waals surface area contributed by atoms with Crippen LogP contribution in [0.1, 0.15) is 54.7 Å². The number of H-pyrrole nitrogens is 1. The van der Waals surface area contributed by atoms with Gasteiger partial charge in [0.25, 0.3) is 5.89 Å². The number of carbonyl (C=O) groups is 2. The molecule has 0 aliphatic heterocycles. The van der Waals surface area contributed by atoms with E-state index in [4.69, 9.17) is 13.9 Å². The van der Waals surface area contributed by atoms with Crippen molar-refractivity contribution in [2.45, 2.75) is 38.1 Å². The first-order valence-electron chi connectivity index (χ1n) is 11.8. The maximum absolute atomic E-state index is 12.3. The van der Waals surface area contributed by atoms with Crippen molar-refractivity contribution < 1.29 is 23.5 Å². The summed E-state index contributed by atoms with van der Waals surface area (Å²) in [6.07, 6.45) is 7.86. The van der Waals surface area contributed by atoms with Crippen LogP contribution >= 0.6 is 0 Å². The smallest absolute Gasteiger partial charge is 0.263 e. The van der Waals surface area contributed by atoms with Gasteiger partial charge in [-0.1, -0.05) is 31.0 Å². The Bertz CT molecular complexity index is 1300. The third-order valence-corrected chi connectivity index (χ3v) is 5.78. The fourth-order valence-electron chi connectivity index (χ4n) is 4.02. The van der Waals surface area contributed by atoms with Crippen LogP contribution in [0.5, 0.6) is 5.88 Å². The molecule has 2 N–H and O–H groups in total. The molecule has 0 radical (unpaired) electrons. The number of imidazole rings is 1. The Labute approximate surface area is 208 Å². The number of nitrogens with one attached hydrogen (secondary N) is 2. The normalized spacial score (nSPS) is 11.9. The number of oxazole rings is 1. The molecule has 4 aromatic rings. The fourth-order valence-corrected chi connectivity index (χ4v) is 4.02. The van der Waals surface area contributed by atoms with Gasteiger partial charge in [-0.15, -0.1) is 0 Å². The van der Waals surface area contributed by atoms with Crippen molar-refractivity contribution in [3.8, 4) is 17.1 Å². The summed E-state index contributed by atoms with van der Waals surface area (Å²) in [7, 11) is 3.06. The van der Waals surface area contributed by atoms with Crippen molar-refractivity contribution in [1.82, 2.24) is 25.3 Å². The molecule has 3 heterocycles. The molecule has 10 nitrogen and oxygen atoms in total. The number of pyridine rings is 1. The van der Waals surface area contributed by atoms with E-state index in [0.29, 0.717) is 31.0 Å². The van der Waals surface area contributed by atoms with E-state index >= 15 is 0 Å². The zero-order valence-corrected chi connectivity index (χ0v) is 20.3. The van der Waals surface area contributed by atoms with E-state index in [-0.39, 0.29) is 30.2 Å². The van der Waals surface area contributed by atoms with E-state index in [1.807, 2.05) is 30.3 Å². The first kappa shape index (κ1) is 25.1. The highest BCUT2D eigenvalue weighted by Crippen LogP contribution is 2.31. The van der Waals surface area contributed by atoms with Crippen LogP contribution in [0.25, 0.3) is 22.2 Å². The van der Waals surface area contributed by atoms with E-state index in [1.165, 1.54) is 19.6 Å². The predicted octanol–water partition coefficient (Wildman–Crippen LogP) is 4.26. The Morgan fingerprint density at radius 1 is 1.14 bits per heavy atom. The summed E-state index contributed by atoms with van der Waals surface area (Å²) in [4.78, 5) is 40.7. The predicted molar refractivity (Wildman–Crippen MR) is 133 cm³/mol. The molecule has 0 aliphatic rings. The molecule has 4 rings (SSSR count). The van der Waals surface area contributed by atoms with Gasteiger partial charge in [0.2, 0.25) is 17.6 Å². The summed E-state index contributed by atoms with van der Waals surface area (Å²) in [5.74, 6) is 0.907. The first-order chi connectivity index (χ1) is 17.6. The zero-order chi connectivity index (χ0) is 25.3. The van der Waals surface area contributed by atoms with Gasteiger partial charge in [-0.3, -0.25) is 9.59 Å². The highest BCUT2D eigenvalue weighted by atomic mass is 16.5. The van der Waals surface area contributed by atoms with Gasteiger partial charge in [0.1, 0.15) is 18.7 Å². The summed E-state index contributed by atoms with van der Waals surface area (Å²) in [5.41, 5.74) is 2.36. The van der Waals surface area contributed by atoms with Crippen LogP contribution in [0.3, 0.4) is 0 Å². The molecule has 0 saturated carbocycles. The molecule has 188 valence electrons. The second-order valence-corrected chi connectivity index (χ2v) is 8.33. The van der Waals surface area contributed by atoms with Crippen molar-refractivity contribution in [1.29, 1.82) is 0 Å². The van der Waals surface area contributed by atoms with Crippen LogP contribution in [-0.2, 0) is 9.53 Å². The van der Waals surface area contributed by atoms with E-state index in [0.717, 1.165) is 35.0 Å². The molecule has 1 aromatic carbocycles. The number of para-hydroxylation sites is 1. The maximum atomic E-state index is 12.3. The number of amides is 1. The Morgan fingerprint density at radius 2 is 2.00 bits per heavy atom. The lowest BCUT2D eigenvalue weighted by molar-refractivity contribution is -0.125. The Morgan fingerprint density at radius 3 is 2.78 bits per heavy atom. The van der Waals surface area contributed by atoms with Crippen molar-refractivity contribution >= 4 is 22.6 Å². The summed E-state index contributed by atoms with van der Waals surface area (Å²) in [6.45, 7) is -0.0445. The Hall–Kier alpha value is -4.05. The van der Waals surface area contributed by atoms with Crippen LogP contribution < -0.4 is 10.1 Å². The standard InChI is InChI=1S/C26H29N5O5/c1-34-16-23(33)29-20(10-4-3-5-11-22(32)26-27-12-13-36-26)24-28-15-21(30-24)18-14-17-8-6-7-9-19(17)31-25(18)35-2/h6-9,12-15,20H,3-5,10-11,16H2,1-2H3,(H,28,30)(H,29,33). The summed E-state index contributed by atoms with van der Waals surface area (Å²) < 4.78 is 15.5. The average Bonchev–Trinajstić information content (AvgIpc) is 3.60. The van der Waals surface area contributed by atoms with Crippen molar-refractivity contribution in [3.63, 3.8) is 0 Å². The van der Waals surface area contributed by atoms with Crippen LogP contribution in [0.15, 0.2) is 53.4 Å². The van der Waals surface area contributed by atoms with E-state index < -0.39 is 0 Å². The van der Waals surface area contributed by atoms with E-state index in [2.05, 4.69) is 25.3 Å². The minimum atomic E-state index is -0.344. The number of rotatable bonds is 13. The van der Waals surface area contributed by atoms with Crippen molar-refractivity contribution in [3.05, 3.63) is 60.7 Å². The van der Waals surface area contributed by atoms with Gasteiger partial charge < -0.3 is 24.2 Å². The molecular formula is C26H29N5O5. The van der Waals surface area contributed by atoms with Gasteiger partial charge in [0.05, 0.1) is 42.3 Å². The molecule has 3 aromatic heterocycles. The number of methoxy groups -OCH3 is 2. The molecule has 1 amide bonds. The largest absolute Gasteiger partial charge is 0.480 e. The number of unbranched alkanes of at least 4 members (excludes halogenated alkanes) is 2. The van der Waals surface area contributed by atoms with Crippen LogP contribution in [0.2, 0.25) is 0 Å². The van der Waals surface area contributed by atoms with E-state index in [1.54, 1.807) is 13.3 Å². The summed E-state index contributed by atoms with van der Waals surface area (Å²) in [6, 6.07) is 9.46. The Balaban J connectivity index is 1.45. The lowest BCUT2D eigenvalue weighted by atomic mass is 10.1. The number of aromatic amines is 1. The highest BCUT2D eigenvalue weighted by Gasteiger charge is 2.20. The van der Waals surface area contributed by atoms with Crippen LogP contribution in [0, 0.1) is 0 Å². The van der Waals surface area contributed by atoms with Gasteiger partial charge >= 0.3 is 0 Å². The first-order valence-corrected chi connectivity index (χ1v) is 11.8. The molecule has 0 fully saturated rings. The minimum Gasteiger partial charge on any atom is -0.480 e. The summed E-state index contributed by atoms with van der Waals surface area (Å²) >= 11 is 0. The van der Waals surface area contributed by atoms with Crippen LogP contribution in [0.4, 0.5) is 0 Å². The van der Waals surface area contributed by atoms with Crippen LogP contribution in [-0.4, -0.2) is 52.5 Å². The highest BCUT2D eigenvalue weighted by molar-refractivity contribution is 5.91.